The van der Waals surface area contributed by atoms with Gasteiger partial charge in [-0.05, 0) is 18.2 Å². The van der Waals surface area contributed by atoms with Crippen LogP contribution in [0.5, 0.6) is 0 Å². The molecular formula is C20H14N2O2. The summed E-state index contributed by atoms with van der Waals surface area (Å²) in [6, 6.07) is 18.0. The summed E-state index contributed by atoms with van der Waals surface area (Å²) in [5.74, 6) is -0.322. The van der Waals surface area contributed by atoms with Crippen LogP contribution in [0.4, 0.5) is 0 Å². The van der Waals surface area contributed by atoms with Crippen LogP contribution < -0.4 is 0 Å². The van der Waals surface area contributed by atoms with Crippen molar-refractivity contribution in [2.45, 2.75) is 0 Å². The number of esters is 1. The molecule has 0 saturated heterocycles. The van der Waals surface area contributed by atoms with Crippen molar-refractivity contribution in [2.75, 3.05) is 7.11 Å². The zero-order valence-corrected chi connectivity index (χ0v) is 13.0. The lowest BCUT2D eigenvalue weighted by molar-refractivity contribution is 0.0603. The van der Waals surface area contributed by atoms with Gasteiger partial charge in [-0.25, -0.2) is 4.79 Å². The Labute approximate surface area is 137 Å². The maximum atomic E-state index is 12.4. The number of methoxy groups -OCH3 is 1. The van der Waals surface area contributed by atoms with E-state index in [-0.39, 0.29) is 5.97 Å². The average molecular weight is 314 g/mol. The number of H-pyrrole nitrogens is 2. The van der Waals surface area contributed by atoms with Gasteiger partial charge in [0.05, 0.1) is 23.7 Å². The highest BCUT2D eigenvalue weighted by molar-refractivity contribution is 6.27. The van der Waals surface area contributed by atoms with E-state index in [0.717, 1.165) is 43.6 Å². The summed E-state index contributed by atoms with van der Waals surface area (Å²) in [7, 11) is 1.42. The fourth-order valence-corrected chi connectivity index (χ4v) is 3.61. The normalized spacial score (nSPS) is 11.7. The zero-order valence-electron chi connectivity index (χ0n) is 13.0. The van der Waals surface area contributed by atoms with E-state index in [9.17, 15) is 4.79 Å². The van der Waals surface area contributed by atoms with Crippen LogP contribution in [-0.4, -0.2) is 23.0 Å². The van der Waals surface area contributed by atoms with Crippen molar-refractivity contribution in [3.63, 3.8) is 0 Å². The van der Waals surface area contributed by atoms with Gasteiger partial charge in [0, 0.05) is 32.6 Å². The Bertz CT molecular complexity index is 1260. The van der Waals surface area contributed by atoms with Crippen molar-refractivity contribution in [3.8, 4) is 0 Å². The third-order valence-corrected chi connectivity index (χ3v) is 4.67. The van der Waals surface area contributed by atoms with Gasteiger partial charge in [0.25, 0.3) is 0 Å². The Morgan fingerprint density at radius 1 is 0.833 bits per heavy atom. The van der Waals surface area contributed by atoms with Crippen LogP contribution in [0.2, 0.25) is 0 Å². The molecule has 24 heavy (non-hydrogen) atoms. The molecule has 0 amide bonds. The average Bonchev–Trinajstić information content (AvgIpc) is 3.19. The summed E-state index contributed by atoms with van der Waals surface area (Å²) < 4.78 is 5.04. The second-order valence-corrected chi connectivity index (χ2v) is 5.93. The number of carbonyl (C=O) groups is 1. The SMILES string of the molecule is COC(=O)c1cc2c3ccccc3[nH]c2c2[nH]c3ccccc3c12. The maximum absolute atomic E-state index is 12.4. The molecule has 116 valence electrons. The minimum atomic E-state index is -0.322. The number of carbonyl (C=O) groups excluding carboxylic acids is 1. The molecule has 0 unspecified atom stereocenters. The van der Waals surface area contributed by atoms with Crippen molar-refractivity contribution in [2.24, 2.45) is 0 Å². The van der Waals surface area contributed by atoms with E-state index in [2.05, 4.69) is 16.0 Å². The molecule has 0 radical (unpaired) electrons. The number of aromatic amines is 2. The largest absolute Gasteiger partial charge is 0.465 e. The van der Waals surface area contributed by atoms with Crippen LogP contribution in [0.15, 0.2) is 54.6 Å². The molecule has 0 aliphatic heterocycles. The molecule has 0 aliphatic rings. The number of fused-ring (bicyclic) bond motifs is 7. The van der Waals surface area contributed by atoms with Gasteiger partial charge in [0.1, 0.15) is 0 Å². The summed E-state index contributed by atoms with van der Waals surface area (Å²) in [4.78, 5) is 19.4. The monoisotopic (exact) mass is 314 g/mol. The summed E-state index contributed by atoms with van der Waals surface area (Å²) >= 11 is 0. The number of rotatable bonds is 1. The van der Waals surface area contributed by atoms with E-state index >= 15 is 0 Å². The van der Waals surface area contributed by atoms with Gasteiger partial charge in [-0.15, -0.1) is 0 Å². The third-order valence-electron chi connectivity index (χ3n) is 4.67. The van der Waals surface area contributed by atoms with Crippen molar-refractivity contribution in [3.05, 3.63) is 60.2 Å². The zero-order chi connectivity index (χ0) is 16.3. The number of para-hydroxylation sites is 2. The molecule has 5 rings (SSSR count). The number of ether oxygens (including phenoxy) is 1. The van der Waals surface area contributed by atoms with Crippen LogP contribution in [0.1, 0.15) is 10.4 Å². The summed E-state index contributed by atoms with van der Waals surface area (Å²) in [5, 5.41) is 4.04. The first-order chi connectivity index (χ1) is 11.8. The molecule has 2 heterocycles. The van der Waals surface area contributed by atoms with E-state index in [1.54, 1.807) is 0 Å². The first-order valence-electron chi connectivity index (χ1n) is 7.80. The summed E-state index contributed by atoms with van der Waals surface area (Å²) in [6.45, 7) is 0. The van der Waals surface area contributed by atoms with Crippen molar-refractivity contribution < 1.29 is 9.53 Å². The van der Waals surface area contributed by atoms with Gasteiger partial charge in [-0.1, -0.05) is 36.4 Å². The Hall–Kier alpha value is -3.27. The Kier molecular flexibility index (Phi) is 2.54. The van der Waals surface area contributed by atoms with Gasteiger partial charge in [-0.3, -0.25) is 0 Å². The minimum absolute atomic E-state index is 0.322. The molecular weight excluding hydrogens is 300 g/mol. The van der Waals surface area contributed by atoms with E-state index in [4.69, 9.17) is 4.74 Å². The van der Waals surface area contributed by atoms with Crippen LogP contribution >= 0.6 is 0 Å². The lowest BCUT2D eigenvalue weighted by Gasteiger charge is -2.04. The molecule has 0 aliphatic carbocycles. The predicted octanol–water partition coefficient (Wildman–Crippen LogP) is 4.74. The number of benzene rings is 3. The number of hydrogen-bond acceptors (Lipinski definition) is 2. The lowest BCUT2D eigenvalue weighted by Crippen LogP contribution is -2.01. The molecule has 2 N–H and O–H groups in total. The second-order valence-electron chi connectivity index (χ2n) is 5.93. The standard InChI is InChI=1S/C20H14N2O2/c1-24-20(23)14-10-13-11-6-2-4-8-15(11)21-18(13)19-17(14)12-7-3-5-9-16(12)22-19/h2-10,21-22H,1H3. The molecule has 0 saturated carbocycles. The van der Waals surface area contributed by atoms with Crippen LogP contribution in [0.25, 0.3) is 43.6 Å². The first-order valence-corrected chi connectivity index (χ1v) is 7.80. The van der Waals surface area contributed by atoms with E-state index in [0.29, 0.717) is 5.56 Å². The highest BCUT2D eigenvalue weighted by atomic mass is 16.5. The topological polar surface area (TPSA) is 57.9 Å². The molecule has 4 nitrogen and oxygen atoms in total. The highest BCUT2D eigenvalue weighted by Gasteiger charge is 2.19. The van der Waals surface area contributed by atoms with Gasteiger partial charge < -0.3 is 14.7 Å². The lowest BCUT2D eigenvalue weighted by atomic mass is 10.0. The highest BCUT2D eigenvalue weighted by Crippen LogP contribution is 2.37. The quantitative estimate of drug-likeness (QED) is 0.439. The summed E-state index contributed by atoms with van der Waals surface area (Å²) in [6.07, 6.45) is 0. The van der Waals surface area contributed by atoms with Crippen LogP contribution in [-0.2, 0) is 4.74 Å². The van der Waals surface area contributed by atoms with Crippen molar-refractivity contribution >= 4 is 49.6 Å². The molecule has 3 aromatic carbocycles. The second kappa shape index (κ2) is 4.61. The number of aromatic nitrogens is 2. The van der Waals surface area contributed by atoms with E-state index in [1.807, 2.05) is 48.5 Å². The maximum Gasteiger partial charge on any atom is 0.338 e. The fourth-order valence-electron chi connectivity index (χ4n) is 3.61. The smallest absolute Gasteiger partial charge is 0.338 e. The van der Waals surface area contributed by atoms with Crippen LogP contribution in [0.3, 0.4) is 0 Å². The molecule has 0 spiro atoms. The van der Waals surface area contributed by atoms with Crippen LogP contribution in [0, 0.1) is 0 Å². The molecule has 0 fully saturated rings. The Morgan fingerprint density at radius 3 is 2.21 bits per heavy atom. The Balaban J connectivity index is 2.10. The molecule has 2 aromatic heterocycles. The molecule has 0 bridgehead atoms. The molecule has 4 heteroatoms. The minimum Gasteiger partial charge on any atom is -0.465 e. The van der Waals surface area contributed by atoms with E-state index in [1.165, 1.54) is 7.11 Å². The van der Waals surface area contributed by atoms with Gasteiger partial charge in [0.15, 0.2) is 0 Å². The summed E-state index contributed by atoms with van der Waals surface area (Å²) in [5.41, 5.74) is 4.58. The van der Waals surface area contributed by atoms with Crippen molar-refractivity contribution in [1.29, 1.82) is 0 Å². The first kappa shape index (κ1) is 13.2. The molecule has 0 atom stereocenters. The Morgan fingerprint density at radius 2 is 1.46 bits per heavy atom. The van der Waals surface area contributed by atoms with E-state index < -0.39 is 0 Å². The number of nitrogens with one attached hydrogen (secondary N) is 2. The number of hydrogen-bond donors (Lipinski definition) is 2. The fraction of sp³-hybridized carbons (Fsp3) is 0.0500. The van der Waals surface area contributed by atoms with Crippen molar-refractivity contribution in [1.82, 2.24) is 9.97 Å². The van der Waals surface area contributed by atoms with Gasteiger partial charge in [-0.2, -0.15) is 0 Å². The van der Waals surface area contributed by atoms with Gasteiger partial charge in [0.2, 0.25) is 0 Å². The van der Waals surface area contributed by atoms with Gasteiger partial charge >= 0.3 is 5.97 Å². The molecule has 5 aromatic rings. The predicted molar refractivity (Wildman–Crippen MR) is 96.5 cm³/mol. The third kappa shape index (κ3) is 1.60.